The molecule has 31 heavy (non-hydrogen) atoms. The van der Waals surface area contributed by atoms with Crippen molar-refractivity contribution in [3.8, 4) is 22.9 Å². The van der Waals surface area contributed by atoms with Gasteiger partial charge >= 0.3 is 0 Å². The monoisotopic (exact) mass is 458 g/mol. The molecule has 0 aliphatic heterocycles. The summed E-state index contributed by atoms with van der Waals surface area (Å²) in [7, 11) is -1.04. The van der Waals surface area contributed by atoms with Crippen molar-refractivity contribution in [1.29, 1.82) is 0 Å². The number of aromatic amines is 1. The minimum Gasteiger partial charge on any atom is -0.492 e. The molecule has 0 fully saturated rings. The molecular weight excluding hydrogens is 436 g/mol. The Kier molecular flexibility index (Phi) is 5.96. The van der Waals surface area contributed by atoms with Gasteiger partial charge in [-0.05, 0) is 17.7 Å². The number of thiophene rings is 1. The fourth-order valence-corrected chi connectivity index (χ4v) is 5.44. The maximum Gasteiger partial charge on any atom is 0.251 e. The molecule has 0 bridgehead atoms. The number of primary sulfonamides is 1. The minimum atomic E-state index is -3.90. The number of fused-ring (bicyclic) bond motifs is 1. The number of nitrogens with one attached hydrogen (secondary N) is 2. The second-order valence-electron chi connectivity index (χ2n) is 6.83. The molecule has 0 aliphatic rings. The number of aromatic nitrogens is 2. The van der Waals surface area contributed by atoms with Gasteiger partial charge in [-0.15, -0.1) is 11.3 Å². The number of para-hydroxylation sites is 2. The highest BCUT2D eigenvalue weighted by Gasteiger charge is 2.26. The van der Waals surface area contributed by atoms with Crippen LogP contribution in [0.3, 0.4) is 0 Å². The Balaban J connectivity index is 1.45. The predicted octanol–water partition coefficient (Wildman–Crippen LogP) is 3.25. The first-order chi connectivity index (χ1) is 14.9. The number of methoxy groups -OCH3 is 2. The molecule has 10 heteroatoms. The molecule has 0 unspecified atom stereocenters. The molecule has 0 saturated heterocycles. The lowest BCUT2D eigenvalue weighted by Gasteiger charge is -2.07. The number of rotatable bonds is 8. The average molecular weight is 459 g/mol. The molecule has 0 saturated carbocycles. The Morgan fingerprint density at radius 2 is 1.74 bits per heavy atom. The molecule has 8 nitrogen and oxygen atoms in total. The Morgan fingerprint density at radius 3 is 2.39 bits per heavy atom. The third kappa shape index (κ3) is 4.42. The molecule has 2 heterocycles. The normalized spacial score (nSPS) is 11.7. The van der Waals surface area contributed by atoms with Crippen molar-refractivity contribution in [2.24, 2.45) is 5.14 Å². The van der Waals surface area contributed by atoms with E-state index in [-0.39, 0.29) is 9.96 Å². The molecule has 2 aromatic heterocycles. The molecule has 162 valence electrons. The summed E-state index contributed by atoms with van der Waals surface area (Å²) in [5, 5.41) is 8.60. The van der Waals surface area contributed by atoms with Gasteiger partial charge in [0.2, 0.25) is 0 Å². The average Bonchev–Trinajstić information content (AvgIpc) is 3.35. The number of hydrogen-bond acceptors (Lipinski definition) is 7. The molecule has 2 aromatic carbocycles. The molecular formula is C21H22N4O4S2. The Bertz CT molecular complexity index is 1280. The van der Waals surface area contributed by atoms with Gasteiger partial charge in [0.25, 0.3) is 10.0 Å². The van der Waals surface area contributed by atoms with Crippen LogP contribution in [0.25, 0.3) is 22.4 Å². The third-order valence-corrected chi connectivity index (χ3v) is 7.35. The van der Waals surface area contributed by atoms with Crippen LogP contribution in [0, 0.1) is 0 Å². The Hall–Kier alpha value is -2.92. The maximum atomic E-state index is 11.8. The van der Waals surface area contributed by atoms with Crippen LogP contribution in [0.15, 0.2) is 52.7 Å². The molecule has 0 amide bonds. The summed E-state index contributed by atoms with van der Waals surface area (Å²) >= 11 is 1.04. The van der Waals surface area contributed by atoms with Gasteiger partial charge in [-0.2, -0.15) is 0 Å². The first-order valence-electron chi connectivity index (χ1n) is 9.42. The number of ether oxygens (including phenoxy) is 2. The minimum absolute atomic E-state index is 0.0427. The van der Waals surface area contributed by atoms with E-state index >= 15 is 0 Å². The first kappa shape index (κ1) is 21.3. The van der Waals surface area contributed by atoms with Crippen LogP contribution in [0.5, 0.6) is 11.5 Å². The van der Waals surface area contributed by atoms with Crippen LogP contribution in [0.4, 0.5) is 0 Å². The summed E-state index contributed by atoms with van der Waals surface area (Å²) in [5.74, 6) is 1.35. The van der Waals surface area contributed by atoms with Crippen LogP contribution < -0.4 is 19.9 Å². The quantitative estimate of drug-likeness (QED) is 0.373. The van der Waals surface area contributed by atoms with Crippen LogP contribution in [-0.4, -0.2) is 32.6 Å². The fraction of sp³-hybridized carbons (Fsp3) is 0.190. The predicted molar refractivity (Wildman–Crippen MR) is 121 cm³/mol. The van der Waals surface area contributed by atoms with Gasteiger partial charge in [0.15, 0.2) is 15.7 Å². The lowest BCUT2D eigenvalue weighted by Crippen LogP contribution is -2.12. The molecule has 0 radical (unpaired) electrons. The van der Waals surface area contributed by atoms with E-state index in [2.05, 4.69) is 15.3 Å². The van der Waals surface area contributed by atoms with Gasteiger partial charge in [-0.25, -0.2) is 18.5 Å². The van der Waals surface area contributed by atoms with Crippen LogP contribution in [-0.2, 0) is 23.1 Å². The van der Waals surface area contributed by atoms with Gasteiger partial charge in [0.05, 0.1) is 30.1 Å². The summed E-state index contributed by atoms with van der Waals surface area (Å²) < 4.78 is 34.2. The number of hydrogen-bond donors (Lipinski definition) is 3. The van der Waals surface area contributed by atoms with E-state index in [0.717, 1.165) is 39.3 Å². The highest BCUT2D eigenvalue weighted by molar-refractivity contribution is 7.91. The maximum absolute atomic E-state index is 11.8. The zero-order valence-electron chi connectivity index (χ0n) is 17.0. The van der Waals surface area contributed by atoms with Gasteiger partial charge in [0, 0.05) is 18.7 Å². The first-order valence-corrected chi connectivity index (χ1v) is 11.8. The van der Waals surface area contributed by atoms with E-state index < -0.39 is 10.0 Å². The summed E-state index contributed by atoms with van der Waals surface area (Å²) in [6.45, 7) is 1.000. The van der Waals surface area contributed by atoms with Crippen molar-refractivity contribution in [1.82, 2.24) is 15.3 Å². The number of nitrogens with two attached hydrogens (primary N) is 1. The summed E-state index contributed by atoms with van der Waals surface area (Å²) in [6.07, 6.45) is 0. The lowest BCUT2D eigenvalue weighted by atomic mass is 10.1. The van der Waals surface area contributed by atoms with Gasteiger partial charge in [0.1, 0.15) is 5.82 Å². The van der Waals surface area contributed by atoms with Crippen molar-refractivity contribution in [3.05, 3.63) is 59.0 Å². The standard InChI is InChI=1S/C21H22N4O4S2/c1-28-18-17(30-21(19(18)29-2)31(22,26)27)12-23-11-13-7-9-14(10-8-13)20-24-15-5-3-4-6-16(15)25-20/h3-10,23H,11-12H2,1-2H3,(H,24,25)(H2,22,26,27). The SMILES string of the molecule is COc1c(CNCc2ccc(-c3nc4ccccc4[nH]3)cc2)sc(S(N)(=O)=O)c1OC. The van der Waals surface area contributed by atoms with Crippen molar-refractivity contribution in [3.63, 3.8) is 0 Å². The molecule has 4 N–H and O–H groups in total. The highest BCUT2D eigenvalue weighted by atomic mass is 32.2. The molecule has 0 spiro atoms. The van der Waals surface area contributed by atoms with Crippen LogP contribution in [0.1, 0.15) is 10.4 Å². The lowest BCUT2D eigenvalue weighted by molar-refractivity contribution is 0.348. The number of sulfonamides is 1. The van der Waals surface area contributed by atoms with E-state index in [1.165, 1.54) is 14.2 Å². The van der Waals surface area contributed by atoms with E-state index in [9.17, 15) is 8.42 Å². The van der Waals surface area contributed by atoms with E-state index in [4.69, 9.17) is 14.6 Å². The Labute approximate surface area is 184 Å². The summed E-state index contributed by atoms with van der Waals surface area (Å²) in [4.78, 5) is 8.64. The van der Waals surface area contributed by atoms with Gasteiger partial charge in [-0.1, -0.05) is 36.4 Å². The van der Waals surface area contributed by atoms with Crippen molar-refractivity contribution in [2.75, 3.05) is 14.2 Å². The number of H-pyrrole nitrogens is 1. The smallest absolute Gasteiger partial charge is 0.251 e. The van der Waals surface area contributed by atoms with Crippen molar-refractivity contribution in [2.45, 2.75) is 17.3 Å². The largest absolute Gasteiger partial charge is 0.492 e. The van der Waals surface area contributed by atoms with E-state index in [1.54, 1.807) is 0 Å². The van der Waals surface area contributed by atoms with Crippen LogP contribution in [0.2, 0.25) is 0 Å². The number of benzene rings is 2. The molecule has 0 atom stereocenters. The summed E-state index contributed by atoms with van der Waals surface area (Å²) in [6, 6.07) is 16.0. The topological polar surface area (TPSA) is 119 Å². The molecule has 4 rings (SSSR count). The zero-order valence-corrected chi connectivity index (χ0v) is 18.6. The van der Waals surface area contributed by atoms with Crippen LogP contribution >= 0.6 is 11.3 Å². The second kappa shape index (κ2) is 8.67. The van der Waals surface area contributed by atoms with E-state index in [1.807, 2.05) is 48.5 Å². The van der Waals surface area contributed by atoms with Crippen molar-refractivity contribution >= 4 is 32.4 Å². The fourth-order valence-electron chi connectivity index (χ4n) is 3.30. The van der Waals surface area contributed by atoms with E-state index in [0.29, 0.717) is 23.7 Å². The number of nitrogens with zero attached hydrogens (tertiary/aromatic N) is 1. The van der Waals surface area contributed by atoms with Gasteiger partial charge < -0.3 is 19.8 Å². The summed E-state index contributed by atoms with van der Waals surface area (Å²) in [5.41, 5.74) is 4.02. The molecule has 0 aliphatic carbocycles. The molecule has 4 aromatic rings. The second-order valence-corrected chi connectivity index (χ2v) is 9.69. The zero-order chi connectivity index (χ0) is 22.0. The highest BCUT2D eigenvalue weighted by Crippen LogP contribution is 2.44. The van der Waals surface area contributed by atoms with Gasteiger partial charge in [-0.3, -0.25) is 0 Å². The Morgan fingerprint density at radius 1 is 1.03 bits per heavy atom. The third-order valence-electron chi connectivity index (χ3n) is 4.76. The number of imidazole rings is 1. The van der Waals surface area contributed by atoms with Crippen molar-refractivity contribution < 1.29 is 17.9 Å².